The number of carbonyl (C=O) groups is 2. The maximum Gasteiger partial charge on any atom is 0.472 e. The number of rotatable bonds is 44. The summed E-state index contributed by atoms with van der Waals surface area (Å²) in [5.74, 6) is -1.11. The van der Waals surface area contributed by atoms with Crippen LogP contribution in [0.4, 0.5) is 0 Å². The molecule has 8 atom stereocenters. The van der Waals surface area contributed by atoms with Gasteiger partial charge in [-0.05, 0) is 38.5 Å². The van der Waals surface area contributed by atoms with Crippen LogP contribution >= 0.6 is 7.82 Å². The van der Waals surface area contributed by atoms with E-state index in [1.807, 2.05) is 0 Å². The molecule has 0 aliphatic heterocycles. The first kappa shape index (κ1) is 60.6. The summed E-state index contributed by atoms with van der Waals surface area (Å²) >= 11 is 0. The van der Waals surface area contributed by atoms with Crippen LogP contribution in [0.2, 0.25) is 0 Å². The summed E-state index contributed by atoms with van der Waals surface area (Å²) in [5, 5.41) is 50.2. The van der Waals surface area contributed by atoms with E-state index in [-0.39, 0.29) is 12.8 Å². The molecule has 1 saturated carbocycles. The molecule has 0 bridgehead atoms. The van der Waals surface area contributed by atoms with E-state index in [1.165, 1.54) is 161 Å². The van der Waals surface area contributed by atoms with Gasteiger partial charge in [-0.1, -0.05) is 199 Å². The van der Waals surface area contributed by atoms with Crippen LogP contribution in [0.15, 0.2) is 12.2 Å². The number of unbranched alkanes of at least 4 members (excludes halogenated alkanes) is 30. The Balaban J connectivity index is 2.38. The molecule has 1 rings (SSSR count). The van der Waals surface area contributed by atoms with Gasteiger partial charge in [0.1, 0.15) is 43.2 Å². The van der Waals surface area contributed by atoms with Crippen LogP contribution in [0, 0.1) is 0 Å². The predicted molar refractivity (Wildman–Crippen MR) is 254 cm³/mol. The Labute approximate surface area is 388 Å². The number of phosphoric acid groups is 1. The molecule has 1 fully saturated rings. The van der Waals surface area contributed by atoms with Crippen LogP contribution in [0.3, 0.4) is 0 Å². The molecule has 1 aliphatic carbocycles. The van der Waals surface area contributed by atoms with Gasteiger partial charge in [0.2, 0.25) is 0 Å². The van der Waals surface area contributed by atoms with Crippen molar-refractivity contribution in [1.29, 1.82) is 0 Å². The maximum absolute atomic E-state index is 12.8. The highest BCUT2D eigenvalue weighted by Gasteiger charge is 2.51. The van der Waals surface area contributed by atoms with Crippen molar-refractivity contribution in [2.24, 2.45) is 0 Å². The van der Waals surface area contributed by atoms with Crippen LogP contribution in [-0.2, 0) is 32.7 Å². The van der Waals surface area contributed by atoms with Crippen molar-refractivity contribution >= 4 is 19.8 Å². The van der Waals surface area contributed by atoms with Gasteiger partial charge in [0.15, 0.2) is 6.10 Å². The molecule has 0 aromatic rings. The SMILES string of the molecule is CCCCCCCCCCC/C=C/CCCCC(=O)O[C@@H](COC(=O)CCCCCCCCCCCCCCCCCCCCCC)COP(=O)(O)OC1C(O)C(O)C(O)[C@H](O)C1O. The molecule has 14 heteroatoms. The van der Waals surface area contributed by atoms with Gasteiger partial charge < -0.3 is 39.9 Å². The molecule has 0 amide bonds. The van der Waals surface area contributed by atoms with E-state index in [1.54, 1.807) is 0 Å². The van der Waals surface area contributed by atoms with Gasteiger partial charge in [0, 0.05) is 12.8 Å². The zero-order valence-corrected chi connectivity index (χ0v) is 41.2. The fraction of sp³-hybridized carbons (Fsp3) is 0.920. The molecule has 0 heterocycles. The van der Waals surface area contributed by atoms with Crippen LogP contribution in [0.1, 0.15) is 239 Å². The zero-order valence-electron chi connectivity index (χ0n) is 40.3. The normalized spacial score (nSPS) is 21.6. The van der Waals surface area contributed by atoms with E-state index < -0.39 is 75.7 Å². The first-order valence-corrected chi connectivity index (χ1v) is 27.5. The third-order valence-electron chi connectivity index (χ3n) is 12.4. The summed E-state index contributed by atoms with van der Waals surface area (Å²) in [6.45, 7) is 3.32. The Morgan fingerprint density at radius 3 is 1.22 bits per heavy atom. The van der Waals surface area contributed by atoms with Crippen molar-refractivity contribution in [2.75, 3.05) is 13.2 Å². The van der Waals surface area contributed by atoms with Gasteiger partial charge in [-0.15, -0.1) is 0 Å². The fourth-order valence-corrected chi connectivity index (χ4v) is 9.14. The van der Waals surface area contributed by atoms with E-state index in [4.69, 9.17) is 18.5 Å². The molecule has 1 aliphatic rings. The molecule has 64 heavy (non-hydrogen) atoms. The van der Waals surface area contributed by atoms with Gasteiger partial charge in [0.05, 0.1) is 6.61 Å². The lowest BCUT2D eigenvalue weighted by Gasteiger charge is -2.41. The van der Waals surface area contributed by atoms with Gasteiger partial charge >= 0.3 is 19.8 Å². The van der Waals surface area contributed by atoms with Crippen molar-refractivity contribution in [3.63, 3.8) is 0 Å². The van der Waals surface area contributed by atoms with E-state index in [0.29, 0.717) is 12.8 Å². The number of esters is 2. The third-order valence-corrected chi connectivity index (χ3v) is 13.3. The first-order valence-electron chi connectivity index (χ1n) is 26.0. The quantitative estimate of drug-likeness (QED) is 0.0146. The van der Waals surface area contributed by atoms with Gasteiger partial charge in [-0.25, -0.2) is 4.57 Å². The van der Waals surface area contributed by atoms with Crippen molar-refractivity contribution in [2.45, 2.75) is 281 Å². The van der Waals surface area contributed by atoms with Crippen molar-refractivity contribution in [1.82, 2.24) is 0 Å². The molecule has 378 valence electrons. The minimum atomic E-state index is -5.12. The molecule has 0 saturated heterocycles. The summed E-state index contributed by atoms with van der Waals surface area (Å²) < 4.78 is 33.6. The van der Waals surface area contributed by atoms with E-state index in [9.17, 15) is 44.6 Å². The Morgan fingerprint density at radius 2 is 0.797 bits per heavy atom. The molecule has 0 aromatic heterocycles. The average molecular weight is 935 g/mol. The van der Waals surface area contributed by atoms with Gasteiger partial charge in [0.25, 0.3) is 0 Å². The highest BCUT2D eigenvalue weighted by molar-refractivity contribution is 7.47. The second kappa shape index (κ2) is 40.6. The lowest BCUT2D eigenvalue weighted by molar-refractivity contribution is -0.220. The second-order valence-corrected chi connectivity index (χ2v) is 19.8. The molecule has 6 N–H and O–H groups in total. The number of aliphatic hydroxyl groups excluding tert-OH is 5. The molecular weight excluding hydrogens is 840 g/mol. The average Bonchev–Trinajstić information content (AvgIpc) is 3.28. The molecular formula is C50H95O13P. The Kier molecular flexibility index (Phi) is 38.5. The third kappa shape index (κ3) is 32.3. The number of phosphoric ester groups is 1. The number of allylic oxidation sites excluding steroid dienone is 2. The number of ether oxygens (including phenoxy) is 2. The van der Waals surface area contributed by atoms with Crippen LogP contribution in [0.25, 0.3) is 0 Å². The van der Waals surface area contributed by atoms with Crippen LogP contribution in [-0.4, -0.2) is 98.3 Å². The van der Waals surface area contributed by atoms with Gasteiger partial charge in [-0.3, -0.25) is 18.6 Å². The van der Waals surface area contributed by atoms with Crippen LogP contribution < -0.4 is 0 Å². The summed E-state index contributed by atoms with van der Waals surface area (Å²) in [6.07, 6.45) is 31.3. The number of aliphatic hydroxyl groups is 5. The van der Waals surface area contributed by atoms with E-state index >= 15 is 0 Å². The van der Waals surface area contributed by atoms with Gasteiger partial charge in [-0.2, -0.15) is 0 Å². The van der Waals surface area contributed by atoms with Crippen LogP contribution in [0.5, 0.6) is 0 Å². The smallest absolute Gasteiger partial charge is 0.462 e. The highest BCUT2D eigenvalue weighted by atomic mass is 31.2. The lowest BCUT2D eigenvalue weighted by Crippen LogP contribution is -2.64. The summed E-state index contributed by atoms with van der Waals surface area (Å²) in [7, 11) is -5.12. The molecule has 0 radical (unpaired) electrons. The molecule has 13 nitrogen and oxygen atoms in total. The van der Waals surface area contributed by atoms with E-state index in [0.717, 1.165) is 38.5 Å². The second-order valence-electron chi connectivity index (χ2n) is 18.4. The Bertz CT molecular complexity index is 1170. The molecule has 0 spiro atoms. The minimum absolute atomic E-state index is 0.0712. The highest BCUT2D eigenvalue weighted by Crippen LogP contribution is 2.47. The number of carbonyl (C=O) groups excluding carboxylic acids is 2. The monoisotopic (exact) mass is 935 g/mol. The minimum Gasteiger partial charge on any atom is -0.462 e. The summed E-state index contributed by atoms with van der Waals surface area (Å²) in [4.78, 5) is 35.8. The predicted octanol–water partition coefficient (Wildman–Crippen LogP) is 11.0. The summed E-state index contributed by atoms with van der Waals surface area (Å²) in [5.41, 5.74) is 0. The number of hydrogen-bond acceptors (Lipinski definition) is 12. The Morgan fingerprint density at radius 1 is 0.469 bits per heavy atom. The Hall–Kier alpha value is -1.41. The van der Waals surface area contributed by atoms with Crippen molar-refractivity contribution in [3.05, 3.63) is 12.2 Å². The standard InChI is InChI=1S/C50H95O13P/c1-3-5-7-9-11-13-15-17-19-20-21-22-23-25-26-28-30-32-34-36-38-43(51)60-40-42(41-61-64(58,59)63-50-48(56)46(54)45(53)47(55)49(50)57)62-44(52)39-37-35-33-31-29-27-24-18-16-14-12-10-8-6-4-2/h29,31,42,45-50,53-57H,3-28,30,32-41H2,1-2H3,(H,58,59)/b31-29+/t42-,45?,46-,47?,48?,49?,50?/m0/s1. The fourth-order valence-electron chi connectivity index (χ4n) is 8.17. The first-order chi connectivity index (χ1) is 30.9. The number of hydrogen-bond donors (Lipinski definition) is 6. The lowest BCUT2D eigenvalue weighted by atomic mass is 9.85. The van der Waals surface area contributed by atoms with Crippen molar-refractivity contribution in [3.8, 4) is 0 Å². The molecule has 0 aromatic carbocycles. The van der Waals surface area contributed by atoms with Crippen molar-refractivity contribution < 1.29 is 63.1 Å². The molecule has 6 unspecified atom stereocenters. The van der Waals surface area contributed by atoms with E-state index in [2.05, 4.69) is 26.0 Å². The largest absolute Gasteiger partial charge is 0.472 e. The maximum atomic E-state index is 12.8. The zero-order chi connectivity index (χ0) is 47.1. The summed E-state index contributed by atoms with van der Waals surface area (Å²) in [6, 6.07) is 0. The topological polar surface area (TPSA) is 210 Å².